The van der Waals surface area contributed by atoms with E-state index in [1.54, 1.807) is 18.6 Å². The Morgan fingerprint density at radius 1 is 0.750 bits per heavy atom. The Morgan fingerprint density at radius 3 is 1.54 bits per heavy atom. The molecule has 4 aromatic rings. The summed E-state index contributed by atoms with van der Waals surface area (Å²) in [7, 11) is 0. The fraction of sp³-hybridized carbons (Fsp3) is 0.111. The number of hydrogen-bond acceptors (Lipinski definition) is 4. The van der Waals surface area contributed by atoms with Crippen LogP contribution in [0, 0.1) is 6.92 Å². The predicted molar refractivity (Wildman–Crippen MR) is 92.3 cm³/mol. The Hall–Kier alpha value is -2.80. The van der Waals surface area contributed by atoms with Crippen molar-refractivity contribution in [1.82, 2.24) is 30.4 Å². The molecule has 0 aromatic carbocycles. The van der Waals surface area contributed by atoms with Crippen LogP contribution in [0.25, 0.3) is 11.4 Å². The maximum absolute atomic E-state index is 11.5. The molecule has 0 radical (unpaired) electrons. The van der Waals surface area contributed by atoms with Gasteiger partial charge in [0.1, 0.15) is 5.69 Å². The summed E-state index contributed by atoms with van der Waals surface area (Å²) in [5.41, 5.74) is 1.87. The van der Waals surface area contributed by atoms with Gasteiger partial charge in [-0.25, -0.2) is 0 Å². The number of halogens is 3. The molecular weight excluding hydrogens is 552 g/mol. The van der Waals surface area contributed by atoms with Gasteiger partial charge in [-0.2, -0.15) is 25.6 Å². The molecule has 4 heterocycles. The van der Waals surface area contributed by atoms with Crippen molar-refractivity contribution in [3.8, 4) is 11.4 Å². The first-order valence-corrected chi connectivity index (χ1v) is 7.72. The third kappa shape index (κ3) is 8.26. The van der Waals surface area contributed by atoms with Crippen molar-refractivity contribution in [3.05, 3.63) is 84.7 Å². The molecule has 0 spiro atoms. The Morgan fingerprint density at radius 2 is 1.29 bits per heavy atom. The van der Waals surface area contributed by atoms with Crippen molar-refractivity contribution in [2.24, 2.45) is 0 Å². The Labute approximate surface area is 173 Å². The van der Waals surface area contributed by atoms with Gasteiger partial charge in [-0.15, -0.1) is 0 Å². The zero-order valence-corrected chi connectivity index (χ0v) is 16.8. The quantitative estimate of drug-likeness (QED) is 0.350. The summed E-state index contributed by atoms with van der Waals surface area (Å²) in [5, 5.41) is 13.1. The average Bonchev–Trinajstić information content (AvgIpc) is 3.38. The van der Waals surface area contributed by atoms with Crippen LogP contribution in [-0.2, 0) is 27.2 Å². The maximum Gasteiger partial charge on any atom is 2.00 e. The van der Waals surface area contributed by atoms with Crippen LogP contribution in [0.15, 0.2) is 73.3 Å². The number of alkyl halides is 3. The van der Waals surface area contributed by atoms with Gasteiger partial charge in [0.2, 0.25) is 0 Å². The molecule has 0 bridgehead atoms. The predicted octanol–water partition coefficient (Wildman–Crippen LogP) is 3.55. The largest absolute Gasteiger partial charge is 2.00 e. The molecule has 0 fully saturated rings. The van der Waals surface area contributed by atoms with Gasteiger partial charge in [-0.3, -0.25) is 9.97 Å². The van der Waals surface area contributed by atoms with Crippen molar-refractivity contribution in [2.45, 2.75) is 13.1 Å². The number of rotatable bonds is 1. The van der Waals surface area contributed by atoms with Gasteiger partial charge in [-0.1, -0.05) is 24.3 Å². The fourth-order valence-electron chi connectivity index (χ4n) is 1.71. The van der Waals surface area contributed by atoms with Crippen LogP contribution in [0.3, 0.4) is 0 Å². The van der Waals surface area contributed by atoms with E-state index in [1.165, 1.54) is 0 Å². The van der Waals surface area contributed by atoms with E-state index >= 15 is 0 Å². The van der Waals surface area contributed by atoms with Gasteiger partial charge in [0, 0.05) is 18.1 Å². The smallest absolute Gasteiger partial charge is 0.582 e. The first kappa shape index (κ1) is 23.2. The third-order valence-electron chi connectivity index (χ3n) is 2.95. The zero-order valence-electron chi connectivity index (χ0n) is 14.6. The number of pyridine rings is 2. The monoisotopic (exact) mass is 567 g/mol. The minimum Gasteiger partial charge on any atom is -0.582 e. The van der Waals surface area contributed by atoms with Crippen LogP contribution < -0.4 is 10.2 Å². The minimum atomic E-state index is -4.35. The van der Waals surface area contributed by atoms with E-state index in [2.05, 4.69) is 30.4 Å². The number of aromatic nitrogens is 6. The van der Waals surface area contributed by atoms with E-state index in [-0.39, 0.29) is 21.1 Å². The van der Waals surface area contributed by atoms with Crippen LogP contribution in [-0.4, -0.2) is 20.2 Å². The van der Waals surface area contributed by atoms with Crippen molar-refractivity contribution in [3.63, 3.8) is 0 Å². The van der Waals surface area contributed by atoms with Gasteiger partial charge >= 0.3 is 27.2 Å². The van der Waals surface area contributed by atoms with E-state index < -0.39 is 11.9 Å². The maximum atomic E-state index is 11.5. The van der Waals surface area contributed by atoms with E-state index in [9.17, 15) is 13.2 Å². The van der Waals surface area contributed by atoms with Crippen molar-refractivity contribution in [1.29, 1.82) is 0 Å². The summed E-state index contributed by atoms with van der Waals surface area (Å²) in [6.45, 7) is 1.91. The van der Waals surface area contributed by atoms with Crippen LogP contribution in [0.1, 0.15) is 11.4 Å². The second-order valence-electron chi connectivity index (χ2n) is 5.02. The summed E-state index contributed by atoms with van der Waals surface area (Å²) >= 11 is 0. The Balaban J connectivity index is 0.000000218. The first-order chi connectivity index (χ1) is 13.0. The van der Waals surface area contributed by atoms with E-state index in [0.29, 0.717) is 0 Å². The molecule has 0 unspecified atom stereocenters. The van der Waals surface area contributed by atoms with Gasteiger partial charge in [0.05, 0.1) is 11.4 Å². The standard InChI is InChI=1S/C10H8N2.C4H2F3N2.C4H5N2.Pt/c1-3-7-11-9(5-1)10-6-2-4-8-12-10;5-4(6,7)3-1-2-8-9-3;1-4-2-3-5-6-4;/h1-8H;1-2H;2-3H,1H3;/q;2*-1;+2. The normalized spacial score (nSPS) is 9.86. The molecule has 28 heavy (non-hydrogen) atoms. The molecule has 0 aliphatic rings. The molecule has 6 nitrogen and oxygen atoms in total. The fourth-order valence-corrected chi connectivity index (χ4v) is 1.71. The SMILES string of the molecule is Cc1cc[n-]n1.FC(F)(F)c1cc[n-]n1.[Pt+2].c1ccc(-c2ccccn2)nc1. The van der Waals surface area contributed by atoms with E-state index in [4.69, 9.17) is 0 Å². The van der Waals surface area contributed by atoms with Crippen LogP contribution >= 0.6 is 0 Å². The van der Waals surface area contributed by atoms with Crippen LogP contribution in [0.5, 0.6) is 0 Å². The topological polar surface area (TPSA) is 79.8 Å². The van der Waals surface area contributed by atoms with Crippen molar-refractivity contribution < 1.29 is 34.2 Å². The zero-order chi connectivity index (χ0) is 19.5. The van der Waals surface area contributed by atoms with Gasteiger partial charge < -0.3 is 20.4 Å². The number of aryl methyl sites for hydroxylation is 1. The molecule has 4 rings (SSSR count). The number of nitrogens with zero attached hydrogens (tertiary/aromatic N) is 6. The van der Waals surface area contributed by atoms with Crippen LogP contribution in [0.2, 0.25) is 0 Å². The van der Waals surface area contributed by atoms with Crippen molar-refractivity contribution >= 4 is 0 Å². The molecule has 0 atom stereocenters. The summed E-state index contributed by atoms with van der Waals surface area (Å²) in [4.78, 5) is 8.37. The van der Waals surface area contributed by atoms with E-state index in [1.807, 2.05) is 49.4 Å². The van der Waals surface area contributed by atoms with Gasteiger partial charge in [-0.05, 0) is 31.2 Å². The second kappa shape index (κ2) is 11.8. The van der Waals surface area contributed by atoms with E-state index in [0.717, 1.165) is 29.3 Å². The Kier molecular flexibility index (Phi) is 9.81. The average molecular weight is 567 g/mol. The molecule has 10 heteroatoms. The van der Waals surface area contributed by atoms with Crippen molar-refractivity contribution in [2.75, 3.05) is 0 Å². The molecule has 0 amide bonds. The molecule has 0 aliphatic carbocycles. The number of hydrogen-bond donors (Lipinski definition) is 0. The molecule has 0 saturated heterocycles. The summed E-state index contributed by atoms with van der Waals surface area (Å²) < 4.78 is 34.6. The molecule has 148 valence electrons. The third-order valence-corrected chi connectivity index (χ3v) is 2.95. The first-order valence-electron chi connectivity index (χ1n) is 7.72. The molecule has 0 N–H and O–H groups in total. The molecule has 0 aliphatic heterocycles. The minimum absolute atomic E-state index is 0. The van der Waals surface area contributed by atoms with Crippen LogP contribution in [0.4, 0.5) is 13.2 Å². The second-order valence-corrected chi connectivity index (χ2v) is 5.02. The summed E-state index contributed by atoms with van der Waals surface area (Å²) in [6.07, 6.45) is 1.86. The molecular formula is C18H15F3N6Pt. The van der Waals surface area contributed by atoms with Gasteiger partial charge in [0.25, 0.3) is 0 Å². The van der Waals surface area contributed by atoms with Gasteiger partial charge in [0.15, 0.2) is 0 Å². The summed E-state index contributed by atoms with van der Waals surface area (Å²) in [6, 6.07) is 14.3. The molecule has 4 aromatic heterocycles. The molecule has 0 saturated carbocycles. The summed E-state index contributed by atoms with van der Waals surface area (Å²) in [5.74, 6) is 0. The Bertz CT molecular complexity index is 829.